The molecule has 1 N–H and O–H groups in total. The lowest BCUT2D eigenvalue weighted by molar-refractivity contribution is 0.0603. The van der Waals surface area contributed by atoms with Gasteiger partial charge in [-0.1, -0.05) is 12.1 Å². The molecule has 0 heterocycles. The number of aldehydes is 1. The van der Waals surface area contributed by atoms with E-state index in [0.717, 1.165) is 25.5 Å². The molecule has 1 saturated carbocycles. The third kappa shape index (κ3) is 2.36. The monoisotopic (exact) mass is 206 g/mol. The zero-order chi connectivity index (χ0) is 10.7. The molecule has 0 radical (unpaired) electrons. The normalized spacial score (nSPS) is 25.1. The van der Waals surface area contributed by atoms with Crippen LogP contribution < -0.4 is 4.74 Å². The van der Waals surface area contributed by atoms with Crippen LogP contribution in [0.25, 0.3) is 0 Å². The van der Waals surface area contributed by atoms with Crippen LogP contribution in [-0.2, 0) is 0 Å². The number of aliphatic hydroxyl groups is 1. The van der Waals surface area contributed by atoms with Crippen molar-refractivity contribution in [3.05, 3.63) is 29.8 Å². The maximum absolute atomic E-state index is 10.6. The van der Waals surface area contributed by atoms with Gasteiger partial charge in [-0.25, -0.2) is 0 Å². The van der Waals surface area contributed by atoms with Gasteiger partial charge in [0, 0.05) is 5.56 Å². The molecule has 15 heavy (non-hydrogen) atoms. The first-order chi connectivity index (χ1) is 7.29. The van der Waals surface area contributed by atoms with Crippen molar-refractivity contribution in [2.75, 3.05) is 0 Å². The summed E-state index contributed by atoms with van der Waals surface area (Å²) in [7, 11) is 0. The number of rotatable bonds is 3. The zero-order valence-electron chi connectivity index (χ0n) is 8.43. The summed E-state index contributed by atoms with van der Waals surface area (Å²) >= 11 is 0. The minimum Gasteiger partial charge on any atom is -0.488 e. The Labute approximate surface area is 88.7 Å². The highest BCUT2D eigenvalue weighted by Gasteiger charge is 2.26. The van der Waals surface area contributed by atoms with Crippen molar-refractivity contribution in [1.29, 1.82) is 0 Å². The molecular formula is C12H14O3. The average Bonchev–Trinajstić information content (AvgIpc) is 2.65. The van der Waals surface area contributed by atoms with Crippen molar-refractivity contribution in [1.82, 2.24) is 0 Å². The van der Waals surface area contributed by atoms with E-state index in [2.05, 4.69) is 0 Å². The average molecular weight is 206 g/mol. The number of hydrogen-bond acceptors (Lipinski definition) is 3. The molecule has 0 aromatic heterocycles. The molecule has 0 bridgehead atoms. The van der Waals surface area contributed by atoms with Gasteiger partial charge in [0.25, 0.3) is 0 Å². The van der Waals surface area contributed by atoms with Crippen LogP contribution in [0.5, 0.6) is 5.75 Å². The molecule has 80 valence electrons. The molecule has 0 saturated heterocycles. The summed E-state index contributed by atoms with van der Waals surface area (Å²) in [4.78, 5) is 10.6. The molecule has 2 atom stereocenters. The van der Waals surface area contributed by atoms with Crippen LogP contribution in [0.15, 0.2) is 24.3 Å². The molecule has 2 unspecified atom stereocenters. The molecule has 1 aliphatic carbocycles. The first-order valence-electron chi connectivity index (χ1n) is 5.19. The van der Waals surface area contributed by atoms with Gasteiger partial charge in [0.2, 0.25) is 0 Å². The van der Waals surface area contributed by atoms with Gasteiger partial charge >= 0.3 is 0 Å². The van der Waals surface area contributed by atoms with Crippen molar-refractivity contribution < 1.29 is 14.6 Å². The van der Waals surface area contributed by atoms with Gasteiger partial charge in [-0.05, 0) is 31.4 Å². The third-order valence-corrected chi connectivity index (χ3v) is 2.70. The Balaban J connectivity index is 2.06. The first kappa shape index (κ1) is 10.2. The standard InChI is InChI=1S/C12H14O3/c13-8-9-3-1-4-10(7-9)15-12-6-2-5-11(12)14/h1,3-4,7-8,11-12,14H,2,5-6H2. The van der Waals surface area contributed by atoms with Crippen molar-refractivity contribution >= 4 is 6.29 Å². The second-order valence-corrected chi connectivity index (χ2v) is 3.84. The Morgan fingerprint density at radius 2 is 2.27 bits per heavy atom. The maximum atomic E-state index is 10.6. The van der Waals surface area contributed by atoms with Gasteiger partial charge in [-0.2, -0.15) is 0 Å². The van der Waals surface area contributed by atoms with E-state index in [0.29, 0.717) is 11.3 Å². The minimum atomic E-state index is -0.370. The van der Waals surface area contributed by atoms with E-state index < -0.39 is 0 Å². The number of carbonyl (C=O) groups excluding carboxylic acids is 1. The number of ether oxygens (including phenoxy) is 1. The van der Waals surface area contributed by atoms with Gasteiger partial charge in [0.15, 0.2) is 0 Å². The van der Waals surface area contributed by atoms with Gasteiger partial charge in [0.05, 0.1) is 6.10 Å². The lowest BCUT2D eigenvalue weighted by Crippen LogP contribution is -2.25. The van der Waals surface area contributed by atoms with Crippen LogP contribution in [0.3, 0.4) is 0 Å². The van der Waals surface area contributed by atoms with Gasteiger partial charge in [0.1, 0.15) is 18.1 Å². The molecule has 1 aromatic carbocycles. The SMILES string of the molecule is O=Cc1cccc(OC2CCCC2O)c1. The predicted octanol–water partition coefficient (Wildman–Crippen LogP) is 1.79. The summed E-state index contributed by atoms with van der Waals surface area (Å²) in [5, 5.41) is 9.58. The quantitative estimate of drug-likeness (QED) is 0.767. The highest BCUT2D eigenvalue weighted by Crippen LogP contribution is 2.24. The van der Waals surface area contributed by atoms with E-state index in [1.165, 1.54) is 0 Å². The molecule has 0 spiro atoms. The minimum absolute atomic E-state index is 0.119. The summed E-state index contributed by atoms with van der Waals surface area (Å²) in [6.45, 7) is 0. The topological polar surface area (TPSA) is 46.5 Å². The third-order valence-electron chi connectivity index (χ3n) is 2.70. The Hall–Kier alpha value is -1.35. The smallest absolute Gasteiger partial charge is 0.150 e. The fourth-order valence-electron chi connectivity index (χ4n) is 1.88. The van der Waals surface area contributed by atoms with E-state index in [1.807, 2.05) is 0 Å². The van der Waals surface area contributed by atoms with Crippen LogP contribution >= 0.6 is 0 Å². The van der Waals surface area contributed by atoms with E-state index in [4.69, 9.17) is 4.74 Å². The molecule has 1 aliphatic rings. The van der Waals surface area contributed by atoms with Crippen molar-refractivity contribution in [3.8, 4) is 5.75 Å². The summed E-state index contributed by atoms with van der Waals surface area (Å²) < 4.78 is 5.62. The molecule has 0 aliphatic heterocycles. The van der Waals surface area contributed by atoms with E-state index in [1.54, 1.807) is 24.3 Å². The van der Waals surface area contributed by atoms with E-state index >= 15 is 0 Å². The Morgan fingerprint density at radius 3 is 2.93 bits per heavy atom. The fraction of sp³-hybridized carbons (Fsp3) is 0.417. The van der Waals surface area contributed by atoms with Gasteiger partial charge < -0.3 is 9.84 Å². The van der Waals surface area contributed by atoms with Gasteiger partial charge in [-0.3, -0.25) is 4.79 Å². The molecular weight excluding hydrogens is 192 g/mol. The molecule has 1 aromatic rings. The van der Waals surface area contributed by atoms with Gasteiger partial charge in [-0.15, -0.1) is 0 Å². The van der Waals surface area contributed by atoms with Crippen LogP contribution in [-0.4, -0.2) is 23.6 Å². The second kappa shape index (κ2) is 4.45. The van der Waals surface area contributed by atoms with Crippen molar-refractivity contribution in [2.45, 2.75) is 31.5 Å². The summed E-state index contributed by atoms with van der Waals surface area (Å²) in [5.41, 5.74) is 0.597. The number of hydrogen-bond donors (Lipinski definition) is 1. The van der Waals surface area contributed by atoms with Crippen LogP contribution in [0.1, 0.15) is 29.6 Å². The van der Waals surface area contributed by atoms with Crippen LogP contribution in [0.4, 0.5) is 0 Å². The van der Waals surface area contributed by atoms with E-state index in [-0.39, 0.29) is 12.2 Å². The predicted molar refractivity (Wildman–Crippen MR) is 56.1 cm³/mol. The van der Waals surface area contributed by atoms with Crippen LogP contribution in [0.2, 0.25) is 0 Å². The Morgan fingerprint density at radius 1 is 1.40 bits per heavy atom. The highest BCUT2D eigenvalue weighted by atomic mass is 16.5. The number of carbonyl (C=O) groups is 1. The van der Waals surface area contributed by atoms with Crippen LogP contribution in [0, 0.1) is 0 Å². The number of benzene rings is 1. The van der Waals surface area contributed by atoms with Crippen molar-refractivity contribution in [3.63, 3.8) is 0 Å². The Bertz CT molecular complexity index is 348. The molecule has 1 fully saturated rings. The highest BCUT2D eigenvalue weighted by molar-refractivity contribution is 5.75. The summed E-state index contributed by atoms with van der Waals surface area (Å²) in [6.07, 6.45) is 2.98. The molecule has 2 rings (SSSR count). The summed E-state index contributed by atoms with van der Waals surface area (Å²) in [6, 6.07) is 7.00. The largest absolute Gasteiger partial charge is 0.488 e. The molecule has 0 amide bonds. The molecule has 3 nitrogen and oxygen atoms in total. The number of aliphatic hydroxyl groups excluding tert-OH is 1. The van der Waals surface area contributed by atoms with Crippen molar-refractivity contribution in [2.24, 2.45) is 0 Å². The zero-order valence-corrected chi connectivity index (χ0v) is 8.43. The fourth-order valence-corrected chi connectivity index (χ4v) is 1.88. The lowest BCUT2D eigenvalue weighted by Gasteiger charge is -2.17. The second-order valence-electron chi connectivity index (χ2n) is 3.84. The summed E-state index contributed by atoms with van der Waals surface area (Å²) in [5.74, 6) is 0.658. The Kier molecular flexibility index (Phi) is 3.02. The lowest BCUT2D eigenvalue weighted by atomic mass is 10.2. The van der Waals surface area contributed by atoms with E-state index in [9.17, 15) is 9.90 Å². The maximum Gasteiger partial charge on any atom is 0.150 e. The molecule has 3 heteroatoms. The first-order valence-corrected chi connectivity index (χ1v) is 5.19.